The Hall–Kier alpha value is -1.79. The molecular formula is C17H17BrClNO4. The zero-order valence-electron chi connectivity index (χ0n) is 13.5. The van der Waals surface area contributed by atoms with Gasteiger partial charge in [-0.1, -0.05) is 27.5 Å². The Kier molecular flexibility index (Phi) is 6.07. The number of carbonyl (C=O) groups is 2. The third-order valence-corrected chi connectivity index (χ3v) is 4.24. The van der Waals surface area contributed by atoms with Crippen molar-refractivity contribution >= 4 is 39.3 Å². The molecule has 0 spiro atoms. The number of H-pyrrole nitrogens is 1. The molecule has 1 aromatic carbocycles. The lowest BCUT2D eigenvalue weighted by atomic mass is 10.1. The standard InChI is InChI=1S/C17H17BrClNO4/c1-4-23-17(22)15-9(2)16(20-10(15)3)13(21)8-24-14-6-5-11(18)7-12(14)19/h5-7,20H,4,8H2,1-3H3. The Morgan fingerprint density at radius 1 is 1.29 bits per heavy atom. The molecule has 0 aliphatic rings. The monoisotopic (exact) mass is 413 g/mol. The molecule has 0 fully saturated rings. The van der Waals surface area contributed by atoms with Gasteiger partial charge >= 0.3 is 5.97 Å². The molecule has 24 heavy (non-hydrogen) atoms. The second-order valence-corrected chi connectivity index (χ2v) is 6.45. The number of Topliss-reactive ketones (excluding diaryl/α,β-unsaturated/α-hetero) is 1. The summed E-state index contributed by atoms with van der Waals surface area (Å²) < 4.78 is 11.3. The highest BCUT2D eigenvalue weighted by Crippen LogP contribution is 2.28. The van der Waals surface area contributed by atoms with Crippen LogP contribution in [0.4, 0.5) is 0 Å². The van der Waals surface area contributed by atoms with Gasteiger partial charge in [0, 0.05) is 10.2 Å². The average molecular weight is 415 g/mol. The Bertz CT molecular complexity index is 785. The number of aromatic amines is 1. The summed E-state index contributed by atoms with van der Waals surface area (Å²) in [6.45, 7) is 5.25. The summed E-state index contributed by atoms with van der Waals surface area (Å²) in [6, 6.07) is 5.13. The summed E-state index contributed by atoms with van der Waals surface area (Å²) in [5.74, 6) is -0.301. The van der Waals surface area contributed by atoms with Crippen LogP contribution in [0.25, 0.3) is 0 Å². The van der Waals surface area contributed by atoms with Gasteiger partial charge < -0.3 is 14.5 Å². The van der Waals surface area contributed by atoms with Crippen LogP contribution in [0, 0.1) is 13.8 Å². The fourth-order valence-electron chi connectivity index (χ4n) is 2.35. The average Bonchev–Trinajstić information content (AvgIpc) is 2.81. The smallest absolute Gasteiger partial charge is 0.340 e. The molecule has 0 saturated heterocycles. The van der Waals surface area contributed by atoms with Gasteiger partial charge in [0.25, 0.3) is 0 Å². The maximum absolute atomic E-state index is 12.4. The van der Waals surface area contributed by atoms with E-state index in [-0.39, 0.29) is 19.0 Å². The fraction of sp³-hybridized carbons (Fsp3) is 0.294. The molecule has 128 valence electrons. The summed E-state index contributed by atoms with van der Waals surface area (Å²) in [4.78, 5) is 27.3. The van der Waals surface area contributed by atoms with Crippen LogP contribution in [0.2, 0.25) is 5.02 Å². The first-order chi connectivity index (χ1) is 11.3. The van der Waals surface area contributed by atoms with E-state index in [0.717, 1.165) is 4.47 Å². The van der Waals surface area contributed by atoms with E-state index in [1.165, 1.54) is 0 Å². The number of nitrogens with one attached hydrogen (secondary N) is 1. The van der Waals surface area contributed by atoms with Gasteiger partial charge in [0.05, 0.1) is 22.9 Å². The quantitative estimate of drug-likeness (QED) is 0.559. The largest absolute Gasteiger partial charge is 0.484 e. The van der Waals surface area contributed by atoms with E-state index in [4.69, 9.17) is 21.1 Å². The van der Waals surface area contributed by atoms with Crippen molar-refractivity contribution in [2.24, 2.45) is 0 Å². The summed E-state index contributed by atoms with van der Waals surface area (Å²) >= 11 is 9.36. The summed E-state index contributed by atoms with van der Waals surface area (Å²) in [7, 11) is 0. The molecule has 0 aliphatic carbocycles. The number of ketones is 1. The first kappa shape index (κ1) is 18.5. The van der Waals surface area contributed by atoms with Gasteiger partial charge in [0.15, 0.2) is 6.61 Å². The van der Waals surface area contributed by atoms with Gasteiger partial charge in [-0.05, 0) is 44.5 Å². The number of halogens is 2. The van der Waals surface area contributed by atoms with E-state index in [1.54, 1.807) is 39.0 Å². The van der Waals surface area contributed by atoms with Gasteiger partial charge in [-0.25, -0.2) is 4.79 Å². The van der Waals surface area contributed by atoms with Crippen molar-refractivity contribution in [1.82, 2.24) is 4.98 Å². The van der Waals surface area contributed by atoms with Crippen molar-refractivity contribution in [3.8, 4) is 5.75 Å². The number of carbonyl (C=O) groups excluding carboxylic acids is 2. The third-order valence-electron chi connectivity index (χ3n) is 3.45. The fourth-order valence-corrected chi connectivity index (χ4v) is 3.07. The molecule has 1 heterocycles. The van der Waals surface area contributed by atoms with Crippen LogP contribution in [0.5, 0.6) is 5.75 Å². The van der Waals surface area contributed by atoms with Crippen molar-refractivity contribution in [1.29, 1.82) is 0 Å². The molecule has 5 nitrogen and oxygen atoms in total. The van der Waals surface area contributed by atoms with Crippen LogP contribution < -0.4 is 4.74 Å². The van der Waals surface area contributed by atoms with E-state index >= 15 is 0 Å². The number of esters is 1. The predicted octanol–water partition coefficient (Wildman–Crippen LogP) is 4.49. The number of aryl methyl sites for hydroxylation is 1. The lowest BCUT2D eigenvalue weighted by Crippen LogP contribution is -2.14. The minimum Gasteiger partial charge on any atom is -0.484 e. The molecule has 2 rings (SSSR count). The minimum absolute atomic E-state index is 0.190. The van der Waals surface area contributed by atoms with Crippen molar-refractivity contribution < 1.29 is 19.1 Å². The van der Waals surface area contributed by atoms with E-state index in [0.29, 0.717) is 33.3 Å². The molecule has 7 heteroatoms. The van der Waals surface area contributed by atoms with Crippen LogP contribution in [0.1, 0.15) is 39.0 Å². The molecule has 1 aromatic heterocycles. The number of hydrogen-bond acceptors (Lipinski definition) is 4. The second kappa shape index (κ2) is 7.85. The van der Waals surface area contributed by atoms with Crippen molar-refractivity contribution in [2.75, 3.05) is 13.2 Å². The van der Waals surface area contributed by atoms with E-state index in [2.05, 4.69) is 20.9 Å². The lowest BCUT2D eigenvalue weighted by molar-refractivity contribution is 0.0525. The molecule has 0 amide bonds. The first-order valence-electron chi connectivity index (χ1n) is 7.32. The minimum atomic E-state index is -0.445. The van der Waals surface area contributed by atoms with Crippen LogP contribution >= 0.6 is 27.5 Å². The van der Waals surface area contributed by atoms with Gasteiger partial charge in [-0.2, -0.15) is 0 Å². The maximum Gasteiger partial charge on any atom is 0.340 e. The van der Waals surface area contributed by atoms with Crippen LogP contribution in [0.3, 0.4) is 0 Å². The molecule has 0 radical (unpaired) electrons. The number of aromatic nitrogens is 1. The highest BCUT2D eigenvalue weighted by Gasteiger charge is 2.23. The highest BCUT2D eigenvalue weighted by atomic mass is 79.9. The number of rotatable bonds is 6. The van der Waals surface area contributed by atoms with Gasteiger partial charge in [-0.15, -0.1) is 0 Å². The highest BCUT2D eigenvalue weighted by molar-refractivity contribution is 9.10. The normalized spacial score (nSPS) is 10.5. The molecular weight excluding hydrogens is 398 g/mol. The molecule has 0 atom stereocenters. The molecule has 1 N–H and O–H groups in total. The molecule has 0 bridgehead atoms. The SMILES string of the molecule is CCOC(=O)c1c(C)[nH]c(C(=O)COc2ccc(Br)cc2Cl)c1C. The van der Waals surface area contributed by atoms with Crippen molar-refractivity contribution in [3.63, 3.8) is 0 Å². The van der Waals surface area contributed by atoms with Gasteiger partial charge in [-0.3, -0.25) is 4.79 Å². The van der Waals surface area contributed by atoms with E-state index < -0.39 is 5.97 Å². The molecule has 0 unspecified atom stereocenters. The van der Waals surface area contributed by atoms with Gasteiger partial charge in [0.2, 0.25) is 5.78 Å². The Balaban J connectivity index is 2.15. The number of ether oxygens (including phenoxy) is 2. The molecule has 2 aromatic rings. The molecule has 0 aliphatic heterocycles. The maximum atomic E-state index is 12.4. The predicted molar refractivity (Wildman–Crippen MR) is 95.2 cm³/mol. The Labute approximate surface area is 153 Å². The Morgan fingerprint density at radius 2 is 2.00 bits per heavy atom. The topological polar surface area (TPSA) is 68.4 Å². The lowest BCUT2D eigenvalue weighted by Gasteiger charge is -2.07. The first-order valence-corrected chi connectivity index (χ1v) is 8.49. The summed E-state index contributed by atoms with van der Waals surface area (Å²) in [5.41, 5.74) is 1.88. The molecule has 0 saturated carbocycles. The van der Waals surface area contributed by atoms with Crippen LogP contribution in [0.15, 0.2) is 22.7 Å². The van der Waals surface area contributed by atoms with Crippen LogP contribution in [-0.4, -0.2) is 30.0 Å². The Morgan fingerprint density at radius 3 is 2.62 bits per heavy atom. The zero-order valence-corrected chi connectivity index (χ0v) is 15.9. The van der Waals surface area contributed by atoms with Crippen molar-refractivity contribution in [2.45, 2.75) is 20.8 Å². The third kappa shape index (κ3) is 3.99. The van der Waals surface area contributed by atoms with Crippen molar-refractivity contribution in [3.05, 3.63) is 50.2 Å². The zero-order chi connectivity index (χ0) is 17.9. The number of benzene rings is 1. The van der Waals surface area contributed by atoms with Gasteiger partial charge in [0.1, 0.15) is 5.75 Å². The van der Waals surface area contributed by atoms with E-state index in [9.17, 15) is 9.59 Å². The number of hydrogen-bond donors (Lipinski definition) is 1. The summed E-state index contributed by atoms with van der Waals surface area (Å²) in [5, 5.41) is 0.406. The summed E-state index contributed by atoms with van der Waals surface area (Å²) in [6.07, 6.45) is 0. The van der Waals surface area contributed by atoms with E-state index in [1.807, 2.05) is 0 Å². The van der Waals surface area contributed by atoms with Crippen LogP contribution in [-0.2, 0) is 4.74 Å². The second-order valence-electron chi connectivity index (χ2n) is 5.13.